The molecule has 1 aliphatic heterocycles. The molecule has 0 aromatic carbocycles. The van der Waals surface area contributed by atoms with Crippen molar-refractivity contribution in [3.8, 4) is 0 Å². The number of ether oxygens (including phenoxy) is 1. The van der Waals surface area contributed by atoms with Crippen LogP contribution in [0.5, 0.6) is 0 Å². The van der Waals surface area contributed by atoms with Gasteiger partial charge in [0.05, 0.1) is 6.61 Å². The summed E-state index contributed by atoms with van der Waals surface area (Å²) in [7, 11) is 1.59. The Kier molecular flexibility index (Phi) is 2.65. The minimum atomic E-state index is -0.154. The van der Waals surface area contributed by atoms with Crippen LogP contribution in [0.1, 0.15) is 0 Å². The lowest BCUT2D eigenvalue weighted by molar-refractivity contribution is -0.125. The first-order valence-corrected chi connectivity index (χ1v) is 3.34. The van der Waals surface area contributed by atoms with Crippen LogP contribution in [0, 0.1) is 0 Å². The van der Waals surface area contributed by atoms with Gasteiger partial charge < -0.3 is 15.4 Å². The van der Waals surface area contributed by atoms with Crippen molar-refractivity contribution in [3.63, 3.8) is 0 Å². The van der Waals surface area contributed by atoms with Crippen LogP contribution < -0.4 is 10.6 Å². The average Bonchev–Trinajstić information content (AvgIpc) is 1.94. The van der Waals surface area contributed by atoms with Crippen LogP contribution in [0.2, 0.25) is 0 Å². The van der Waals surface area contributed by atoms with Gasteiger partial charge in [-0.25, -0.2) is 0 Å². The van der Waals surface area contributed by atoms with Gasteiger partial charge in [-0.15, -0.1) is 0 Å². The quantitative estimate of drug-likeness (QED) is 0.507. The Morgan fingerprint density at radius 2 is 2.50 bits per heavy atom. The molecule has 0 aliphatic carbocycles. The SMILES string of the molecule is COC[C@H]1NCCNC1=O. The number of amides is 1. The molecule has 1 aliphatic rings. The first-order valence-electron chi connectivity index (χ1n) is 3.34. The van der Waals surface area contributed by atoms with Crippen LogP contribution in [0.15, 0.2) is 0 Å². The fourth-order valence-electron chi connectivity index (χ4n) is 0.949. The zero-order valence-corrected chi connectivity index (χ0v) is 6.02. The summed E-state index contributed by atoms with van der Waals surface area (Å²) < 4.78 is 4.83. The summed E-state index contributed by atoms with van der Waals surface area (Å²) in [6.07, 6.45) is 0. The number of carbonyl (C=O) groups excluding carboxylic acids is 1. The van der Waals surface area contributed by atoms with Crippen molar-refractivity contribution in [2.24, 2.45) is 0 Å². The maximum absolute atomic E-state index is 10.9. The van der Waals surface area contributed by atoms with Crippen LogP contribution in [0.3, 0.4) is 0 Å². The van der Waals surface area contributed by atoms with E-state index in [9.17, 15) is 4.79 Å². The molecule has 0 aromatic rings. The topological polar surface area (TPSA) is 50.4 Å². The predicted octanol–water partition coefficient (Wildman–Crippen LogP) is -1.28. The van der Waals surface area contributed by atoms with Gasteiger partial charge in [-0.05, 0) is 0 Å². The predicted molar refractivity (Wildman–Crippen MR) is 36.7 cm³/mol. The summed E-state index contributed by atoms with van der Waals surface area (Å²) in [5, 5.41) is 5.77. The summed E-state index contributed by atoms with van der Waals surface area (Å²) >= 11 is 0. The van der Waals surface area contributed by atoms with Crippen molar-refractivity contribution in [2.45, 2.75) is 6.04 Å². The van der Waals surface area contributed by atoms with Crippen molar-refractivity contribution < 1.29 is 9.53 Å². The van der Waals surface area contributed by atoms with E-state index in [4.69, 9.17) is 4.74 Å². The van der Waals surface area contributed by atoms with E-state index in [1.165, 1.54) is 0 Å². The zero-order chi connectivity index (χ0) is 7.40. The van der Waals surface area contributed by atoms with E-state index < -0.39 is 0 Å². The van der Waals surface area contributed by atoms with Gasteiger partial charge in [0.2, 0.25) is 5.91 Å². The van der Waals surface area contributed by atoms with E-state index in [0.29, 0.717) is 6.61 Å². The Balaban J connectivity index is 2.32. The van der Waals surface area contributed by atoms with Crippen molar-refractivity contribution in [2.75, 3.05) is 26.8 Å². The minimum absolute atomic E-state index is 0.0353. The molecule has 1 saturated heterocycles. The smallest absolute Gasteiger partial charge is 0.239 e. The number of hydrogen-bond donors (Lipinski definition) is 2. The van der Waals surface area contributed by atoms with Gasteiger partial charge in [-0.2, -0.15) is 0 Å². The third-order valence-corrected chi connectivity index (χ3v) is 1.46. The average molecular weight is 144 g/mol. The van der Waals surface area contributed by atoms with E-state index in [-0.39, 0.29) is 11.9 Å². The molecule has 0 aromatic heterocycles. The largest absolute Gasteiger partial charge is 0.383 e. The molecule has 0 spiro atoms. The van der Waals surface area contributed by atoms with Crippen molar-refractivity contribution in [3.05, 3.63) is 0 Å². The Morgan fingerprint density at radius 3 is 3.10 bits per heavy atom. The van der Waals surface area contributed by atoms with E-state index in [1.807, 2.05) is 0 Å². The van der Waals surface area contributed by atoms with Crippen molar-refractivity contribution >= 4 is 5.91 Å². The lowest BCUT2D eigenvalue weighted by Gasteiger charge is -2.22. The molecule has 0 unspecified atom stereocenters. The third-order valence-electron chi connectivity index (χ3n) is 1.46. The molecule has 58 valence electrons. The van der Waals surface area contributed by atoms with Crippen LogP contribution >= 0.6 is 0 Å². The molecule has 4 nitrogen and oxygen atoms in total. The van der Waals surface area contributed by atoms with Gasteiger partial charge in [0.25, 0.3) is 0 Å². The molecule has 4 heteroatoms. The lowest BCUT2D eigenvalue weighted by Crippen LogP contribution is -2.54. The second kappa shape index (κ2) is 3.53. The monoisotopic (exact) mass is 144 g/mol. The van der Waals surface area contributed by atoms with Gasteiger partial charge in [-0.1, -0.05) is 0 Å². The van der Waals surface area contributed by atoms with Crippen LogP contribution in [0.4, 0.5) is 0 Å². The van der Waals surface area contributed by atoms with Crippen LogP contribution in [-0.2, 0) is 9.53 Å². The Hall–Kier alpha value is -0.610. The molecule has 1 fully saturated rings. The van der Waals surface area contributed by atoms with Gasteiger partial charge in [0.1, 0.15) is 6.04 Å². The highest BCUT2D eigenvalue weighted by atomic mass is 16.5. The first kappa shape index (κ1) is 7.50. The van der Waals surface area contributed by atoms with Gasteiger partial charge in [0, 0.05) is 20.2 Å². The summed E-state index contributed by atoms with van der Waals surface area (Å²) in [6, 6.07) is -0.154. The van der Waals surface area contributed by atoms with E-state index in [1.54, 1.807) is 7.11 Å². The summed E-state index contributed by atoms with van der Waals surface area (Å²) in [5.74, 6) is 0.0353. The van der Waals surface area contributed by atoms with Crippen molar-refractivity contribution in [1.82, 2.24) is 10.6 Å². The number of methoxy groups -OCH3 is 1. The third kappa shape index (κ3) is 1.68. The highest BCUT2D eigenvalue weighted by Gasteiger charge is 2.20. The maximum atomic E-state index is 10.9. The zero-order valence-electron chi connectivity index (χ0n) is 6.02. The van der Waals surface area contributed by atoms with Gasteiger partial charge in [0.15, 0.2) is 0 Å². The van der Waals surface area contributed by atoms with E-state index in [0.717, 1.165) is 13.1 Å². The molecule has 2 N–H and O–H groups in total. The number of nitrogens with one attached hydrogen (secondary N) is 2. The van der Waals surface area contributed by atoms with E-state index >= 15 is 0 Å². The molecule has 1 atom stereocenters. The Bertz CT molecular complexity index is 125. The van der Waals surface area contributed by atoms with E-state index in [2.05, 4.69) is 10.6 Å². The molecule has 0 radical (unpaired) electrons. The highest BCUT2D eigenvalue weighted by Crippen LogP contribution is 1.88. The molecule has 10 heavy (non-hydrogen) atoms. The second-order valence-electron chi connectivity index (χ2n) is 2.25. The normalized spacial score (nSPS) is 26.1. The first-order chi connectivity index (χ1) is 4.84. The molecule has 1 rings (SSSR count). The number of piperazine rings is 1. The molecule has 1 heterocycles. The summed E-state index contributed by atoms with van der Waals surface area (Å²) in [5.41, 5.74) is 0. The van der Waals surface area contributed by atoms with Gasteiger partial charge in [-0.3, -0.25) is 4.79 Å². The molecule has 0 bridgehead atoms. The van der Waals surface area contributed by atoms with Gasteiger partial charge >= 0.3 is 0 Å². The maximum Gasteiger partial charge on any atom is 0.239 e. The van der Waals surface area contributed by atoms with Crippen molar-refractivity contribution in [1.29, 1.82) is 0 Å². The summed E-state index contributed by atoms with van der Waals surface area (Å²) in [6.45, 7) is 2.00. The molecule has 0 saturated carbocycles. The standard InChI is InChI=1S/C6H12N2O2/c1-10-4-5-6(9)8-3-2-7-5/h5,7H,2-4H2,1H3,(H,8,9)/t5-/m1/s1. The Labute approximate surface area is 59.9 Å². The number of hydrogen-bond acceptors (Lipinski definition) is 3. The van der Waals surface area contributed by atoms with Crippen LogP contribution in [0.25, 0.3) is 0 Å². The second-order valence-corrected chi connectivity index (χ2v) is 2.25. The van der Waals surface area contributed by atoms with Crippen LogP contribution in [-0.4, -0.2) is 38.8 Å². The molecule has 1 amide bonds. The molecular weight excluding hydrogens is 132 g/mol. The molecular formula is C6H12N2O2. The fourth-order valence-corrected chi connectivity index (χ4v) is 0.949. The highest BCUT2D eigenvalue weighted by molar-refractivity contribution is 5.82. The fraction of sp³-hybridized carbons (Fsp3) is 0.833. The number of rotatable bonds is 2. The lowest BCUT2D eigenvalue weighted by atomic mass is 10.2. The Morgan fingerprint density at radius 1 is 1.70 bits per heavy atom. The summed E-state index contributed by atoms with van der Waals surface area (Å²) in [4.78, 5) is 10.9. The number of carbonyl (C=O) groups is 1. The minimum Gasteiger partial charge on any atom is -0.383 e.